The lowest BCUT2D eigenvalue weighted by atomic mass is 10.1. The molecule has 0 radical (unpaired) electrons. The third-order valence-corrected chi connectivity index (χ3v) is 2.80. The van der Waals surface area contributed by atoms with Gasteiger partial charge >= 0.3 is 0 Å². The van der Waals surface area contributed by atoms with Gasteiger partial charge in [-0.2, -0.15) is 0 Å². The first-order chi connectivity index (χ1) is 7.20. The number of carbonyl (C=O) groups excluding carboxylic acids is 1. The molecule has 1 aliphatic heterocycles. The fraction of sp³-hybridized carbons (Fsp3) is 0.273. The lowest BCUT2D eigenvalue weighted by Crippen LogP contribution is -2.28. The van der Waals surface area contributed by atoms with Gasteiger partial charge < -0.3 is 10.2 Å². The topological polar surface area (TPSA) is 32.3 Å². The number of hydrogen-bond acceptors (Lipinski definition) is 2. The molecule has 0 aromatic heterocycles. The quantitative estimate of drug-likeness (QED) is 0.606. The van der Waals surface area contributed by atoms with Crippen LogP contribution < -0.4 is 10.2 Å². The van der Waals surface area contributed by atoms with Crippen molar-refractivity contribution in [2.75, 3.05) is 18.0 Å². The van der Waals surface area contributed by atoms with E-state index in [1.807, 2.05) is 29.2 Å². The van der Waals surface area contributed by atoms with Gasteiger partial charge in [0.05, 0.1) is 5.69 Å². The van der Waals surface area contributed by atoms with Gasteiger partial charge in [-0.25, -0.2) is 0 Å². The van der Waals surface area contributed by atoms with Crippen LogP contribution in [0.3, 0.4) is 0 Å². The number of hydrogen-bond donors (Lipinski definition) is 1. The molecule has 1 aromatic carbocycles. The van der Waals surface area contributed by atoms with E-state index < -0.39 is 0 Å². The maximum atomic E-state index is 11.4. The first kappa shape index (κ1) is 10.1. The Morgan fingerprint density at radius 1 is 1.47 bits per heavy atom. The van der Waals surface area contributed by atoms with E-state index >= 15 is 0 Å². The van der Waals surface area contributed by atoms with Gasteiger partial charge in [0.2, 0.25) is 0 Å². The predicted molar refractivity (Wildman–Crippen MR) is 64.4 cm³/mol. The van der Waals surface area contributed by atoms with Gasteiger partial charge in [-0.3, -0.25) is 4.79 Å². The van der Waals surface area contributed by atoms with Crippen molar-refractivity contribution in [1.82, 2.24) is 5.32 Å². The SMILES string of the molecule is CC(=O)c1ccccc1N1CCNC1=S. The van der Waals surface area contributed by atoms with Crippen molar-refractivity contribution >= 4 is 28.8 Å². The second-order valence-corrected chi connectivity index (χ2v) is 3.84. The fourth-order valence-electron chi connectivity index (χ4n) is 1.71. The van der Waals surface area contributed by atoms with Crippen LogP contribution in [0.15, 0.2) is 24.3 Å². The second-order valence-electron chi connectivity index (χ2n) is 3.46. The van der Waals surface area contributed by atoms with Gasteiger partial charge in [-0.15, -0.1) is 0 Å². The van der Waals surface area contributed by atoms with E-state index in [1.165, 1.54) is 0 Å². The van der Waals surface area contributed by atoms with Crippen LogP contribution in [-0.4, -0.2) is 24.0 Å². The zero-order chi connectivity index (χ0) is 10.8. The number of thiocarbonyl (C=S) groups is 1. The Hall–Kier alpha value is -1.42. The monoisotopic (exact) mass is 220 g/mol. The molecule has 0 saturated carbocycles. The summed E-state index contributed by atoms with van der Waals surface area (Å²) in [5.41, 5.74) is 1.63. The molecule has 0 spiro atoms. The molecule has 1 N–H and O–H groups in total. The van der Waals surface area contributed by atoms with Crippen molar-refractivity contribution in [3.63, 3.8) is 0 Å². The third-order valence-electron chi connectivity index (χ3n) is 2.43. The third kappa shape index (κ3) is 1.85. The van der Waals surface area contributed by atoms with Crippen LogP contribution in [0, 0.1) is 0 Å². The molecule has 15 heavy (non-hydrogen) atoms. The number of Topliss-reactive ketones (excluding diaryl/α,β-unsaturated/α-hetero) is 1. The first-order valence-electron chi connectivity index (χ1n) is 4.85. The Morgan fingerprint density at radius 2 is 2.20 bits per heavy atom. The van der Waals surface area contributed by atoms with Crippen LogP contribution in [-0.2, 0) is 0 Å². The number of nitrogens with one attached hydrogen (secondary N) is 1. The van der Waals surface area contributed by atoms with Gasteiger partial charge in [0.25, 0.3) is 0 Å². The summed E-state index contributed by atoms with van der Waals surface area (Å²) >= 11 is 5.17. The molecule has 0 bridgehead atoms. The number of carbonyl (C=O) groups is 1. The highest BCUT2D eigenvalue weighted by Crippen LogP contribution is 2.22. The van der Waals surface area contributed by atoms with E-state index in [0.29, 0.717) is 5.11 Å². The zero-order valence-corrected chi connectivity index (χ0v) is 9.30. The molecule has 1 fully saturated rings. The predicted octanol–water partition coefficient (Wildman–Crippen LogP) is 1.58. The lowest BCUT2D eigenvalue weighted by molar-refractivity contribution is 0.101. The molecular formula is C11H12N2OS. The number of benzene rings is 1. The van der Waals surface area contributed by atoms with Crippen LogP contribution in [0.4, 0.5) is 5.69 Å². The molecule has 1 aromatic rings. The van der Waals surface area contributed by atoms with Crippen LogP contribution in [0.1, 0.15) is 17.3 Å². The van der Waals surface area contributed by atoms with Crippen LogP contribution in [0.5, 0.6) is 0 Å². The standard InChI is InChI=1S/C11H12N2OS/c1-8(14)9-4-2-3-5-10(9)13-7-6-12-11(13)15/h2-5H,6-7H2,1H3,(H,12,15). The van der Waals surface area contributed by atoms with Crippen molar-refractivity contribution < 1.29 is 4.79 Å². The summed E-state index contributed by atoms with van der Waals surface area (Å²) in [5, 5.41) is 3.78. The Morgan fingerprint density at radius 3 is 2.80 bits per heavy atom. The minimum Gasteiger partial charge on any atom is -0.360 e. The van der Waals surface area contributed by atoms with E-state index in [4.69, 9.17) is 12.2 Å². The molecule has 3 nitrogen and oxygen atoms in total. The molecule has 0 amide bonds. The minimum absolute atomic E-state index is 0.0697. The summed E-state index contributed by atoms with van der Waals surface area (Å²) in [4.78, 5) is 13.4. The highest BCUT2D eigenvalue weighted by molar-refractivity contribution is 7.80. The van der Waals surface area contributed by atoms with Gasteiger partial charge in [-0.05, 0) is 31.3 Å². The molecular weight excluding hydrogens is 208 g/mol. The van der Waals surface area contributed by atoms with E-state index in [9.17, 15) is 4.79 Å². The Labute approximate surface area is 94.1 Å². The molecule has 4 heteroatoms. The molecule has 0 unspecified atom stereocenters. The minimum atomic E-state index is 0.0697. The highest BCUT2D eigenvalue weighted by Gasteiger charge is 2.20. The summed E-state index contributed by atoms with van der Waals surface area (Å²) in [6, 6.07) is 7.55. The molecule has 0 aliphatic carbocycles. The van der Waals surface area contributed by atoms with Crippen molar-refractivity contribution in [1.29, 1.82) is 0 Å². The number of rotatable bonds is 2. The van der Waals surface area contributed by atoms with Gasteiger partial charge in [0, 0.05) is 18.7 Å². The zero-order valence-electron chi connectivity index (χ0n) is 8.49. The molecule has 2 rings (SSSR count). The molecule has 1 aliphatic rings. The number of anilines is 1. The highest BCUT2D eigenvalue weighted by atomic mass is 32.1. The fourth-order valence-corrected chi connectivity index (χ4v) is 2.00. The molecule has 1 heterocycles. The van der Waals surface area contributed by atoms with Gasteiger partial charge in [0.15, 0.2) is 10.9 Å². The summed E-state index contributed by atoms with van der Waals surface area (Å²) in [6.45, 7) is 3.24. The lowest BCUT2D eigenvalue weighted by Gasteiger charge is -2.19. The Kier molecular flexibility index (Phi) is 2.68. The normalized spacial score (nSPS) is 15.3. The van der Waals surface area contributed by atoms with Crippen LogP contribution in [0.25, 0.3) is 0 Å². The summed E-state index contributed by atoms with van der Waals surface area (Å²) in [7, 11) is 0. The van der Waals surface area contributed by atoms with Crippen LogP contribution >= 0.6 is 12.2 Å². The van der Waals surface area contributed by atoms with Crippen molar-refractivity contribution in [3.8, 4) is 0 Å². The summed E-state index contributed by atoms with van der Waals surface area (Å²) < 4.78 is 0. The second kappa shape index (κ2) is 3.98. The number of para-hydroxylation sites is 1. The van der Waals surface area contributed by atoms with E-state index in [1.54, 1.807) is 6.92 Å². The van der Waals surface area contributed by atoms with Crippen LogP contribution in [0.2, 0.25) is 0 Å². The molecule has 0 atom stereocenters. The Bertz CT molecular complexity index is 417. The van der Waals surface area contributed by atoms with E-state index in [-0.39, 0.29) is 5.78 Å². The Balaban J connectivity index is 2.42. The van der Waals surface area contributed by atoms with Crippen molar-refractivity contribution in [2.24, 2.45) is 0 Å². The van der Waals surface area contributed by atoms with Gasteiger partial charge in [0.1, 0.15) is 0 Å². The molecule has 1 saturated heterocycles. The van der Waals surface area contributed by atoms with E-state index in [0.717, 1.165) is 24.3 Å². The summed E-state index contributed by atoms with van der Waals surface area (Å²) in [5.74, 6) is 0.0697. The number of nitrogens with zero attached hydrogens (tertiary/aromatic N) is 1. The molecule has 78 valence electrons. The van der Waals surface area contributed by atoms with Gasteiger partial charge in [-0.1, -0.05) is 12.1 Å². The summed E-state index contributed by atoms with van der Waals surface area (Å²) in [6.07, 6.45) is 0. The smallest absolute Gasteiger partial charge is 0.173 e. The van der Waals surface area contributed by atoms with Crippen molar-refractivity contribution in [3.05, 3.63) is 29.8 Å². The number of ketones is 1. The maximum Gasteiger partial charge on any atom is 0.173 e. The largest absolute Gasteiger partial charge is 0.360 e. The average molecular weight is 220 g/mol. The maximum absolute atomic E-state index is 11.4. The van der Waals surface area contributed by atoms with E-state index in [2.05, 4.69) is 5.32 Å². The first-order valence-corrected chi connectivity index (χ1v) is 5.26. The average Bonchev–Trinajstić information content (AvgIpc) is 2.64. The van der Waals surface area contributed by atoms with Crippen molar-refractivity contribution in [2.45, 2.75) is 6.92 Å².